The number of thioether (sulfide) groups is 1. The van der Waals surface area contributed by atoms with E-state index in [9.17, 15) is 0 Å². The number of rotatable bonds is 3. The molecule has 0 amide bonds. The Bertz CT molecular complexity index is 665. The van der Waals surface area contributed by atoms with Crippen molar-refractivity contribution in [2.75, 3.05) is 23.4 Å². The van der Waals surface area contributed by atoms with E-state index in [1.807, 2.05) is 23.9 Å². The van der Waals surface area contributed by atoms with Gasteiger partial charge in [-0.1, -0.05) is 22.8 Å². The lowest BCUT2D eigenvalue weighted by Crippen LogP contribution is -2.44. The lowest BCUT2D eigenvalue weighted by molar-refractivity contribution is -0.0629. The molecule has 0 aliphatic carbocycles. The Morgan fingerprint density at radius 3 is 3.00 bits per heavy atom. The summed E-state index contributed by atoms with van der Waals surface area (Å²) in [5.41, 5.74) is 2.26. The monoisotopic (exact) mass is 331 g/mol. The summed E-state index contributed by atoms with van der Waals surface area (Å²) in [5, 5.41) is 15.7. The molecule has 4 rings (SSSR count). The van der Waals surface area contributed by atoms with E-state index in [-0.39, 0.29) is 5.60 Å². The SMILES string of the molecule is Cc1ccc(-n2nnnc2N[C@@H]2CCO[C@@]3(CCSC3)C2)cc1. The molecule has 2 saturated heterocycles. The van der Waals surface area contributed by atoms with Crippen LogP contribution in [0.4, 0.5) is 5.95 Å². The largest absolute Gasteiger partial charge is 0.374 e. The molecule has 2 aliphatic heterocycles. The minimum absolute atomic E-state index is 0.0583. The Morgan fingerprint density at radius 2 is 2.22 bits per heavy atom. The molecule has 0 unspecified atom stereocenters. The molecule has 2 fully saturated rings. The van der Waals surface area contributed by atoms with Crippen molar-refractivity contribution in [3.63, 3.8) is 0 Å². The van der Waals surface area contributed by atoms with E-state index in [0.717, 1.165) is 37.3 Å². The maximum atomic E-state index is 6.08. The van der Waals surface area contributed by atoms with Crippen LogP contribution in [0.25, 0.3) is 5.69 Å². The van der Waals surface area contributed by atoms with Crippen molar-refractivity contribution in [1.82, 2.24) is 20.2 Å². The highest BCUT2D eigenvalue weighted by Gasteiger charge is 2.40. The summed E-state index contributed by atoms with van der Waals surface area (Å²) in [6.07, 6.45) is 3.17. The fraction of sp³-hybridized carbons (Fsp3) is 0.562. The van der Waals surface area contributed by atoms with E-state index >= 15 is 0 Å². The van der Waals surface area contributed by atoms with Crippen LogP contribution in [0.1, 0.15) is 24.8 Å². The van der Waals surface area contributed by atoms with E-state index in [0.29, 0.717) is 12.0 Å². The summed E-state index contributed by atoms with van der Waals surface area (Å²) in [5.74, 6) is 3.02. The van der Waals surface area contributed by atoms with E-state index in [1.165, 1.54) is 11.3 Å². The van der Waals surface area contributed by atoms with Gasteiger partial charge in [-0.05, 0) is 54.5 Å². The summed E-state index contributed by atoms with van der Waals surface area (Å²) >= 11 is 1.99. The molecule has 1 aromatic carbocycles. The topological polar surface area (TPSA) is 64.9 Å². The van der Waals surface area contributed by atoms with Crippen molar-refractivity contribution < 1.29 is 4.74 Å². The third-order valence-corrected chi connectivity index (χ3v) is 5.86. The normalized spacial score (nSPS) is 27.4. The summed E-state index contributed by atoms with van der Waals surface area (Å²) in [6.45, 7) is 2.88. The van der Waals surface area contributed by atoms with Crippen LogP contribution in [0.2, 0.25) is 0 Å². The quantitative estimate of drug-likeness (QED) is 0.932. The third-order valence-electron chi connectivity index (χ3n) is 4.64. The minimum atomic E-state index is 0.0583. The van der Waals surface area contributed by atoms with Gasteiger partial charge in [-0.25, -0.2) is 0 Å². The molecule has 122 valence electrons. The molecular formula is C16H21N5OS. The Balaban J connectivity index is 1.51. The molecule has 7 heteroatoms. The number of tetrazole rings is 1. The fourth-order valence-corrected chi connectivity index (χ4v) is 4.71. The van der Waals surface area contributed by atoms with Crippen LogP contribution in [0, 0.1) is 6.92 Å². The summed E-state index contributed by atoms with van der Waals surface area (Å²) in [6, 6.07) is 8.57. The highest BCUT2D eigenvalue weighted by Crippen LogP contribution is 2.38. The standard InChI is InChI=1S/C16H21N5OS/c1-12-2-4-14(5-3-12)21-15(18-19-20-21)17-13-6-8-22-16(10-13)7-9-23-11-16/h2-5,13H,6-11H2,1H3,(H,17,18,20)/t13-,16+/m1/s1. The van der Waals surface area contributed by atoms with Gasteiger partial charge in [0.1, 0.15) is 0 Å². The number of anilines is 1. The van der Waals surface area contributed by atoms with Gasteiger partial charge in [0.15, 0.2) is 0 Å². The van der Waals surface area contributed by atoms with Crippen LogP contribution in [0.15, 0.2) is 24.3 Å². The molecule has 3 heterocycles. The molecular weight excluding hydrogens is 310 g/mol. The van der Waals surface area contributed by atoms with Crippen molar-refractivity contribution >= 4 is 17.7 Å². The van der Waals surface area contributed by atoms with E-state index in [1.54, 1.807) is 4.68 Å². The Hall–Kier alpha value is -1.60. The Morgan fingerprint density at radius 1 is 1.35 bits per heavy atom. The second-order valence-corrected chi connectivity index (χ2v) is 7.52. The van der Waals surface area contributed by atoms with Gasteiger partial charge in [0.2, 0.25) is 5.95 Å². The van der Waals surface area contributed by atoms with Crippen molar-refractivity contribution in [1.29, 1.82) is 0 Å². The number of aromatic nitrogens is 4. The zero-order valence-corrected chi connectivity index (χ0v) is 14.1. The van der Waals surface area contributed by atoms with Crippen LogP contribution in [0.3, 0.4) is 0 Å². The number of aryl methyl sites for hydroxylation is 1. The van der Waals surface area contributed by atoms with Gasteiger partial charge < -0.3 is 10.1 Å². The molecule has 2 aliphatic rings. The second kappa shape index (κ2) is 6.13. The number of hydrogen-bond acceptors (Lipinski definition) is 6. The smallest absolute Gasteiger partial charge is 0.247 e. The van der Waals surface area contributed by atoms with Crippen molar-refractivity contribution in [3.8, 4) is 5.69 Å². The number of nitrogens with one attached hydrogen (secondary N) is 1. The molecule has 1 spiro atoms. The number of ether oxygens (including phenoxy) is 1. The lowest BCUT2D eigenvalue weighted by atomic mass is 9.90. The van der Waals surface area contributed by atoms with Gasteiger partial charge in [0.05, 0.1) is 11.3 Å². The van der Waals surface area contributed by atoms with Crippen LogP contribution >= 0.6 is 11.8 Å². The van der Waals surface area contributed by atoms with Crippen molar-refractivity contribution in [3.05, 3.63) is 29.8 Å². The van der Waals surface area contributed by atoms with Crippen molar-refractivity contribution in [2.24, 2.45) is 0 Å². The molecule has 1 N–H and O–H groups in total. The summed E-state index contributed by atoms with van der Waals surface area (Å²) in [7, 11) is 0. The third kappa shape index (κ3) is 3.07. The summed E-state index contributed by atoms with van der Waals surface area (Å²) in [4.78, 5) is 0. The first-order valence-electron chi connectivity index (χ1n) is 8.08. The van der Waals surface area contributed by atoms with Gasteiger partial charge >= 0.3 is 0 Å². The van der Waals surface area contributed by atoms with Gasteiger partial charge in [0, 0.05) is 18.4 Å². The zero-order valence-electron chi connectivity index (χ0n) is 13.2. The van der Waals surface area contributed by atoms with Gasteiger partial charge in [-0.2, -0.15) is 16.4 Å². The first-order valence-corrected chi connectivity index (χ1v) is 9.23. The van der Waals surface area contributed by atoms with E-state index < -0.39 is 0 Å². The molecule has 0 saturated carbocycles. The van der Waals surface area contributed by atoms with Crippen molar-refractivity contribution in [2.45, 2.75) is 37.8 Å². The first kappa shape index (κ1) is 15.0. The molecule has 2 atom stereocenters. The number of nitrogens with zero attached hydrogens (tertiary/aromatic N) is 4. The first-order chi connectivity index (χ1) is 11.2. The predicted molar refractivity (Wildman–Crippen MR) is 91.2 cm³/mol. The van der Waals surface area contributed by atoms with Crippen LogP contribution in [0.5, 0.6) is 0 Å². The highest BCUT2D eigenvalue weighted by atomic mass is 32.2. The molecule has 2 aromatic rings. The van der Waals surface area contributed by atoms with E-state index in [4.69, 9.17) is 4.74 Å². The molecule has 6 nitrogen and oxygen atoms in total. The van der Waals surface area contributed by atoms with Gasteiger partial charge in [0.25, 0.3) is 0 Å². The van der Waals surface area contributed by atoms with Gasteiger partial charge in [-0.15, -0.1) is 0 Å². The van der Waals surface area contributed by atoms with Crippen LogP contribution in [-0.4, -0.2) is 50.0 Å². The minimum Gasteiger partial charge on any atom is -0.374 e. The van der Waals surface area contributed by atoms with Crippen LogP contribution in [-0.2, 0) is 4.74 Å². The maximum Gasteiger partial charge on any atom is 0.247 e. The van der Waals surface area contributed by atoms with Gasteiger partial charge in [-0.3, -0.25) is 0 Å². The molecule has 1 aromatic heterocycles. The number of hydrogen-bond donors (Lipinski definition) is 1. The average molecular weight is 331 g/mol. The molecule has 0 radical (unpaired) electrons. The Labute approximate surface area is 140 Å². The Kier molecular flexibility index (Phi) is 3.98. The lowest BCUT2D eigenvalue weighted by Gasteiger charge is -2.38. The maximum absolute atomic E-state index is 6.08. The highest BCUT2D eigenvalue weighted by molar-refractivity contribution is 7.99. The predicted octanol–water partition coefficient (Wildman–Crippen LogP) is 2.44. The zero-order chi connectivity index (χ0) is 15.7. The average Bonchev–Trinajstić information content (AvgIpc) is 3.18. The fourth-order valence-electron chi connectivity index (χ4n) is 3.33. The number of benzene rings is 1. The van der Waals surface area contributed by atoms with Crippen LogP contribution < -0.4 is 5.32 Å². The summed E-state index contributed by atoms with van der Waals surface area (Å²) < 4.78 is 7.85. The van der Waals surface area contributed by atoms with E-state index in [2.05, 4.69) is 39.9 Å². The molecule has 23 heavy (non-hydrogen) atoms. The molecule has 0 bridgehead atoms. The second-order valence-electron chi connectivity index (χ2n) is 6.42.